The molecule has 0 spiro atoms. The van der Waals surface area contributed by atoms with Gasteiger partial charge in [0.2, 0.25) is 0 Å². The van der Waals surface area contributed by atoms with Crippen molar-refractivity contribution in [2.24, 2.45) is 0 Å². The van der Waals surface area contributed by atoms with E-state index in [1.54, 1.807) is 12.1 Å². The number of hydrogen-bond acceptors (Lipinski definition) is 3. The Hall–Kier alpha value is -2.92. The number of phenols is 1. The first-order valence-corrected chi connectivity index (χ1v) is 9.33. The van der Waals surface area contributed by atoms with Gasteiger partial charge < -0.3 is 10.4 Å². The van der Waals surface area contributed by atoms with E-state index in [0.717, 1.165) is 22.8 Å². The first-order chi connectivity index (χ1) is 13.0. The highest BCUT2D eigenvalue weighted by molar-refractivity contribution is 7.80. The van der Waals surface area contributed by atoms with Gasteiger partial charge in [0.1, 0.15) is 5.75 Å². The van der Waals surface area contributed by atoms with E-state index in [9.17, 15) is 9.90 Å². The first-order valence-electron chi connectivity index (χ1n) is 8.92. The third kappa shape index (κ3) is 4.26. The third-order valence-electron chi connectivity index (χ3n) is 4.71. The van der Waals surface area contributed by atoms with Crippen molar-refractivity contribution in [1.82, 2.24) is 5.32 Å². The van der Waals surface area contributed by atoms with Crippen LogP contribution in [0.5, 0.6) is 5.75 Å². The molecule has 5 heteroatoms. The van der Waals surface area contributed by atoms with Gasteiger partial charge in [0.15, 0.2) is 5.11 Å². The van der Waals surface area contributed by atoms with E-state index < -0.39 is 0 Å². The van der Waals surface area contributed by atoms with Crippen LogP contribution in [0.4, 0.5) is 5.69 Å². The van der Waals surface area contributed by atoms with Crippen molar-refractivity contribution >= 4 is 39.7 Å². The number of carbonyl (C=O) groups excluding carboxylic acids is 1. The molecule has 0 saturated carbocycles. The van der Waals surface area contributed by atoms with E-state index in [0.29, 0.717) is 17.2 Å². The molecule has 1 amide bonds. The molecular weight excluding hydrogens is 356 g/mol. The van der Waals surface area contributed by atoms with Gasteiger partial charge in [0.05, 0.1) is 5.69 Å². The molecule has 0 unspecified atom stereocenters. The summed E-state index contributed by atoms with van der Waals surface area (Å²) in [5, 5.41) is 17.7. The molecule has 3 rings (SSSR count). The van der Waals surface area contributed by atoms with E-state index >= 15 is 0 Å². The van der Waals surface area contributed by atoms with Crippen LogP contribution in [0, 0.1) is 0 Å². The number of fused-ring (bicyclic) bond motifs is 1. The van der Waals surface area contributed by atoms with Crippen LogP contribution in [0.15, 0.2) is 60.7 Å². The van der Waals surface area contributed by atoms with Gasteiger partial charge in [-0.15, -0.1) is 0 Å². The Morgan fingerprint density at radius 2 is 1.85 bits per heavy atom. The highest BCUT2D eigenvalue weighted by Crippen LogP contribution is 2.29. The minimum atomic E-state index is -0.290. The van der Waals surface area contributed by atoms with Crippen LogP contribution in [-0.2, 0) is 0 Å². The third-order valence-corrected chi connectivity index (χ3v) is 4.92. The van der Waals surface area contributed by atoms with Crippen LogP contribution in [0.3, 0.4) is 0 Å². The number of hydrogen-bond donors (Lipinski definition) is 3. The van der Waals surface area contributed by atoms with Crippen LogP contribution >= 0.6 is 12.2 Å². The van der Waals surface area contributed by atoms with Crippen molar-refractivity contribution < 1.29 is 9.90 Å². The second-order valence-corrected chi connectivity index (χ2v) is 6.93. The Labute approximate surface area is 164 Å². The summed E-state index contributed by atoms with van der Waals surface area (Å²) in [5.74, 6) is 0.163. The van der Waals surface area contributed by atoms with E-state index in [2.05, 4.69) is 24.5 Å². The lowest BCUT2D eigenvalue weighted by Crippen LogP contribution is -2.34. The fourth-order valence-electron chi connectivity index (χ4n) is 2.94. The highest BCUT2D eigenvalue weighted by atomic mass is 32.1. The van der Waals surface area contributed by atoms with Gasteiger partial charge in [0, 0.05) is 5.56 Å². The molecule has 0 fully saturated rings. The number of nitrogens with one attached hydrogen (secondary N) is 2. The lowest BCUT2D eigenvalue weighted by atomic mass is 9.98. The number of amides is 1. The maximum Gasteiger partial charge on any atom is 0.258 e. The molecule has 138 valence electrons. The van der Waals surface area contributed by atoms with Crippen molar-refractivity contribution in [3.63, 3.8) is 0 Å². The molecule has 4 nitrogen and oxygen atoms in total. The molecule has 3 aromatic rings. The van der Waals surface area contributed by atoms with Crippen LogP contribution in [0.2, 0.25) is 0 Å². The molecule has 0 aliphatic carbocycles. The fourth-order valence-corrected chi connectivity index (χ4v) is 3.15. The Kier molecular flexibility index (Phi) is 5.72. The number of phenolic OH excluding ortho intramolecular Hbond substituents is 1. The number of benzene rings is 3. The lowest BCUT2D eigenvalue weighted by molar-refractivity contribution is 0.0979. The monoisotopic (exact) mass is 378 g/mol. The lowest BCUT2D eigenvalue weighted by Gasteiger charge is -2.15. The molecule has 1 atom stereocenters. The summed E-state index contributed by atoms with van der Waals surface area (Å²) in [6.07, 6.45) is 0.993. The van der Waals surface area contributed by atoms with Gasteiger partial charge in [-0.2, -0.15) is 0 Å². The van der Waals surface area contributed by atoms with Crippen LogP contribution in [0.25, 0.3) is 10.8 Å². The number of rotatable bonds is 4. The maximum absolute atomic E-state index is 12.7. The van der Waals surface area contributed by atoms with Gasteiger partial charge in [0.25, 0.3) is 5.91 Å². The largest absolute Gasteiger partial charge is 0.506 e. The smallest absolute Gasteiger partial charge is 0.258 e. The summed E-state index contributed by atoms with van der Waals surface area (Å²) in [5.41, 5.74) is 2.13. The Morgan fingerprint density at radius 3 is 2.63 bits per heavy atom. The number of carbonyl (C=O) groups is 1. The Balaban J connectivity index is 1.77. The zero-order chi connectivity index (χ0) is 19.4. The molecule has 3 aromatic carbocycles. The summed E-state index contributed by atoms with van der Waals surface area (Å²) >= 11 is 5.28. The van der Waals surface area contributed by atoms with Crippen molar-refractivity contribution in [3.05, 3.63) is 71.8 Å². The maximum atomic E-state index is 12.7. The number of thiocarbonyl (C=S) groups is 1. The molecule has 0 aliphatic heterocycles. The molecule has 3 N–H and O–H groups in total. The van der Waals surface area contributed by atoms with Crippen LogP contribution in [0.1, 0.15) is 42.1 Å². The van der Waals surface area contributed by atoms with E-state index in [-0.39, 0.29) is 16.8 Å². The first kappa shape index (κ1) is 18.9. The quantitative estimate of drug-likeness (QED) is 0.432. The molecule has 0 heterocycles. The normalized spacial score (nSPS) is 11.8. The molecular formula is C22H22N2O2S. The summed E-state index contributed by atoms with van der Waals surface area (Å²) in [4.78, 5) is 12.7. The van der Waals surface area contributed by atoms with Crippen molar-refractivity contribution in [1.29, 1.82) is 0 Å². The molecule has 0 aromatic heterocycles. The summed E-state index contributed by atoms with van der Waals surface area (Å²) in [6, 6.07) is 18.7. The molecule has 0 saturated heterocycles. The zero-order valence-electron chi connectivity index (χ0n) is 15.3. The predicted molar refractivity (Wildman–Crippen MR) is 114 cm³/mol. The average Bonchev–Trinajstić information content (AvgIpc) is 2.68. The predicted octanol–water partition coefficient (Wildman–Crippen LogP) is 5.19. The summed E-state index contributed by atoms with van der Waals surface area (Å²) < 4.78 is 0. The highest BCUT2D eigenvalue weighted by Gasteiger charge is 2.13. The Bertz CT molecular complexity index is 995. The van der Waals surface area contributed by atoms with Gasteiger partial charge >= 0.3 is 0 Å². The zero-order valence-corrected chi connectivity index (χ0v) is 16.1. The molecule has 0 aliphatic rings. The van der Waals surface area contributed by atoms with Crippen LogP contribution in [-0.4, -0.2) is 16.1 Å². The Morgan fingerprint density at radius 1 is 1.11 bits per heavy atom. The van der Waals surface area contributed by atoms with E-state index in [4.69, 9.17) is 12.2 Å². The minimum absolute atomic E-state index is 0.0869. The van der Waals surface area contributed by atoms with Gasteiger partial charge in [-0.1, -0.05) is 56.3 Å². The number of anilines is 1. The second-order valence-electron chi connectivity index (χ2n) is 6.52. The topological polar surface area (TPSA) is 61.4 Å². The van der Waals surface area contributed by atoms with Crippen molar-refractivity contribution in [2.45, 2.75) is 26.2 Å². The average molecular weight is 378 g/mol. The minimum Gasteiger partial charge on any atom is -0.506 e. The van der Waals surface area contributed by atoms with Crippen molar-refractivity contribution in [3.8, 4) is 5.75 Å². The summed E-state index contributed by atoms with van der Waals surface area (Å²) in [7, 11) is 0. The van der Waals surface area contributed by atoms with E-state index in [1.165, 1.54) is 0 Å². The standard InChI is InChI=1S/C22H22N2O2S/c1-3-14(2)16-11-12-20(25)19(13-16)23-22(27)24-21(26)18-10-6-8-15-7-4-5-9-17(15)18/h4-14,25H,3H2,1-2H3,(H2,23,24,26,27)/t14-/m0/s1. The molecule has 27 heavy (non-hydrogen) atoms. The van der Waals surface area contributed by atoms with Crippen molar-refractivity contribution in [2.75, 3.05) is 5.32 Å². The fraction of sp³-hybridized carbons (Fsp3) is 0.182. The van der Waals surface area contributed by atoms with Gasteiger partial charge in [-0.3, -0.25) is 10.1 Å². The van der Waals surface area contributed by atoms with E-state index in [1.807, 2.05) is 48.5 Å². The summed E-state index contributed by atoms with van der Waals surface area (Å²) in [6.45, 7) is 4.23. The molecule has 0 bridgehead atoms. The second kappa shape index (κ2) is 8.18. The molecule has 0 radical (unpaired) electrons. The number of aromatic hydroxyl groups is 1. The van der Waals surface area contributed by atoms with Gasteiger partial charge in [-0.25, -0.2) is 0 Å². The SMILES string of the molecule is CC[C@H](C)c1ccc(O)c(NC(=S)NC(=O)c2cccc3ccccc23)c1. The van der Waals surface area contributed by atoms with Crippen LogP contribution < -0.4 is 10.6 Å². The van der Waals surface area contributed by atoms with Gasteiger partial charge in [-0.05, 0) is 59.1 Å².